The molecule has 18 heavy (non-hydrogen) atoms. The highest BCUT2D eigenvalue weighted by molar-refractivity contribution is 5.96. The topological polar surface area (TPSA) is 79.3 Å². The molecule has 0 unspecified atom stereocenters. The molecule has 100 valence electrons. The van der Waals surface area contributed by atoms with Gasteiger partial charge in [0.15, 0.2) is 0 Å². The van der Waals surface area contributed by atoms with Gasteiger partial charge >= 0.3 is 6.18 Å². The Morgan fingerprint density at radius 3 is 2.56 bits per heavy atom. The first-order valence-electron chi connectivity index (χ1n) is 5.15. The Kier molecular flexibility index (Phi) is 4.55. The Labute approximate surface area is 102 Å². The van der Waals surface area contributed by atoms with Crippen LogP contribution in [0, 0.1) is 5.41 Å². The summed E-state index contributed by atoms with van der Waals surface area (Å²) in [7, 11) is 0. The molecule has 1 rings (SSSR count). The maximum Gasteiger partial charge on any atom is 0.417 e. The average Bonchev–Trinajstić information content (AvgIpc) is 2.28. The summed E-state index contributed by atoms with van der Waals surface area (Å²) < 4.78 is 43.2. The number of hydrogen-bond acceptors (Lipinski definition) is 3. The van der Waals surface area contributed by atoms with E-state index in [1.807, 2.05) is 0 Å². The molecular formula is C11H13F3N2O2. The van der Waals surface area contributed by atoms with Crippen molar-refractivity contribution in [3.05, 3.63) is 29.3 Å². The van der Waals surface area contributed by atoms with E-state index in [0.29, 0.717) is 6.42 Å². The molecule has 0 aliphatic heterocycles. The van der Waals surface area contributed by atoms with Crippen LogP contribution in [0.4, 0.5) is 13.2 Å². The molecule has 4 nitrogen and oxygen atoms in total. The third-order valence-electron chi connectivity index (χ3n) is 2.16. The van der Waals surface area contributed by atoms with Crippen molar-refractivity contribution in [3.8, 4) is 5.75 Å². The van der Waals surface area contributed by atoms with Crippen molar-refractivity contribution in [1.29, 1.82) is 5.41 Å². The van der Waals surface area contributed by atoms with Crippen molar-refractivity contribution in [1.82, 2.24) is 0 Å². The van der Waals surface area contributed by atoms with Crippen LogP contribution in [0.3, 0.4) is 0 Å². The zero-order valence-corrected chi connectivity index (χ0v) is 9.42. The summed E-state index contributed by atoms with van der Waals surface area (Å²) in [6.45, 7) is 0.0187. The molecule has 0 fully saturated rings. The predicted octanol–water partition coefficient (Wildman–Crippen LogP) is 1.75. The van der Waals surface area contributed by atoms with E-state index >= 15 is 0 Å². The molecule has 0 aliphatic rings. The van der Waals surface area contributed by atoms with E-state index in [-0.39, 0.29) is 24.5 Å². The van der Waals surface area contributed by atoms with Crippen molar-refractivity contribution in [3.63, 3.8) is 0 Å². The molecule has 0 saturated heterocycles. The number of aliphatic hydroxyl groups is 1. The Morgan fingerprint density at radius 1 is 1.39 bits per heavy atom. The maximum absolute atomic E-state index is 12.7. The number of alkyl halides is 3. The standard InChI is InChI=1S/C11H13F3N2O2/c12-11(13,14)9-6-7(18-5-1-4-17)2-3-8(9)10(15)16/h2-3,6,17H,1,4-5H2,(H3,15,16). The lowest BCUT2D eigenvalue weighted by Gasteiger charge is -2.14. The lowest BCUT2D eigenvalue weighted by Crippen LogP contribution is -2.19. The van der Waals surface area contributed by atoms with E-state index in [1.54, 1.807) is 0 Å². The first-order chi connectivity index (χ1) is 8.36. The minimum Gasteiger partial charge on any atom is -0.493 e. The number of halogens is 3. The van der Waals surface area contributed by atoms with E-state index in [9.17, 15) is 13.2 Å². The van der Waals surface area contributed by atoms with Crippen LogP contribution in [-0.4, -0.2) is 24.2 Å². The van der Waals surface area contributed by atoms with Crippen LogP contribution >= 0.6 is 0 Å². The average molecular weight is 262 g/mol. The fraction of sp³-hybridized carbons (Fsp3) is 0.364. The zero-order valence-electron chi connectivity index (χ0n) is 9.42. The first kappa shape index (κ1) is 14.3. The van der Waals surface area contributed by atoms with Crippen molar-refractivity contribution in [2.45, 2.75) is 12.6 Å². The van der Waals surface area contributed by atoms with Crippen molar-refractivity contribution < 1.29 is 23.0 Å². The van der Waals surface area contributed by atoms with E-state index < -0.39 is 17.6 Å². The number of rotatable bonds is 5. The maximum atomic E-state index is 12.7. The van der Waals surface area contributed by atoms with Gasteiger partial charge in [-0.3, -0.25) is 5.41 Å². The predicted molar refractivity (Wildman–Crippen MR) is 59.7 cm³/mol. The van der Waals surface area contributed by atoms with Crippen LogP contribution in [0.15, 0.2) is 18.2 Å². The van der Waals surface area contributed by atoms with Crippen LogP contribution in [-0.2, 0) is 6.18 Å². The lowest BCUT2D eigenvalue weighted by atomic mass is 10.1. The van der Waals surface area contributed by atoms with E-state index in [1.165, 1.54) is 6.07 Å². The highest BCUT2D eigenvalue weighted by Crippen LogP contribution is 2.34. The molecule has 4 N–H and O–H groups in total. The van der Waals surface area contributed by atoms with Gasteiger partial charge < -0.3 is 15.6 Å². The minimum absolute atomic E-state index is 0.0285. The largest absolute Gasteiger partial charge is 0.493 e. The fourth-order valence-electron chi connectivity index (χ4n) is 1.34. The molecule has 1 aromatic carbocycles. The molecule has 0 aliphatic carbocycles. The van der Waals surface area contributed by atoms with Gasteiger partial charge in [-0.2, -0.15) is 13.2 Å². The SMILES string of the molecule is N=C(N)c1ccc(OCCCO)cc1C(F)(F)F. The smallest absolute Gasteiger partial charge is 0.417 e. The van der Waals surface area contributed by atoms with E-state index in [2.05, 4.69) is 0 Å². The minimum atomic E-state index is -4.60. The summed E-state index contributed by atoms with van der Waals surface area (Å²) in [5, 5.41) is 15.6. The second-order valence-electron chi connectivity index (χ2n) is 3.54. The molecule has 0 amide bonds. The molecule has 0 aromatic heterocycles. The number of nitrogens with two attached hydrogens (primary N) is 1. The molecule has 0 heterocycles. The quantitative estimate of drug-likeness (QED) is 0.429. The molecule has 0 bridgehead atoms. The Bertz CT molecular complexity index is 433. The second kappa shape index (κ2) is 5.72. The highest BCUT2D eigenvalue weighted by atomic mass is 19.4. The summed E-state index contributed by atoms with van der Waals surface area (Å²) in [4.78, 5) is 0. The molecule has 0 spiro atoms. The van der Waals surface area contributed by atoms with Gasteiger partial charge in [-0.05, 0) is 18.2 Å². The molecular weight excluding hydrogens is 249 g/mol. The normalized spacial score (nSPS) is 11.3. The van der Waals surface area contributed by atoms with Crippen LogP contribution in [0.5, 0.6) is 5.75 Å². The van der Waals surface area contributed by atoms with Gasteiger partial charge in [-0.15, -0.1) is 0 Å². The fourth-order valence-corrected chi connectivity index (χ4v) is 1.34. The van der Waals surface area contributed by atoms with Crippen molar-refractivity contribution >= 4 is 5.84 Å². The van der Waals surface area contributed by atoms with Gasteiger partial charge in [0.05, 0.1) is 12.2 Å². The summed E-state index contributed by atoms with van der Waals surface area (Å²) in [5.41, 5.74) is 3.71. The van der Waals surface area contributed by atoms with Crippen molar-refractivity contribution in [2.75, 3.05) is 13.2 Å². The summed E-state index contributed by atoms with van der Waals surface area (Å²) >= 11 is 0. The lowest BCUT2D eigenvalue weighted by molar-refractivity contribution is -0.137. The number of nitrogen functional groups attached to an aromatic ring is 1. The summed E-state index contributed by atoms with van der Waals surface area (Å²) in [6.07, 6.45) is -4.27. The molecule has 0 atom stereocenters. The second-order valence-corrected chi connectivity index (χ2v) is 3.54. The Balaban J connectivity index is 3.02. The third kappa shape index (κ3) is 3.63. The number of nitrogens with one attached hydrogen (secondary N) is 1. The highest BCUT2D eigenvalue weighted by Gasteiger charge is 2.34. The number of hydrogen-bond donors (Lipinski definition) is 3. The van der Waals surface area contributed by atoms with Gasteiger partial charge in [-0.1, -0.05) is 0 Å². The number of ether oxygens (including phenoxy) is 1. The van der Waals surface area contributed by atoms with Gasteiger partial charge in [0.1, 0.15) is 11.6 Å². The third-order valence-corrected chi connectivity index (χ3v) is 2.16. The van der Waals surface area contributed by atoms with Gasteiger partial charge in [-0.25, -0.2) is 0 Å². The Morgan fingerprint density at radius 2 is 2.06 bits per heavy atom. The van der Waals surface area contributed by atoms with Crippen LogP contribution in [0.1, 0.15) is 17.5 Å². The van der Waals surface area contributed by atoms with Gasteiger partial charge in [0.25, 0.3) is 0 Å². The molecule has 1 aromatic rings. The number of aliphatic hydroxyl groups excluding tert-OH is 1. The van der Waals surface area contributed by atoms with Gasteiger partial charge in [0.2, 0.25) is 0 Å². The van der Waals surface area contributed by atoms with Crippen LogP contribution < -0.4 is 10.5 Å². The summed E-state index contributed by atoms with van der Waals surface area (Å²) in [6, 6.07) is 3.21. The molecule has 7 heteroatoms. The van der Waals surface area contributed by atoms with Crippen LogP contribution in [0.2, 0.25) is 0 Å². The summed E-state index contributed by atoms with van der Waals surface area (Å²) in [5.74, 6) is -0.620. The number of amidine groups is 1. The van der Waals surface area contributed by atoms with Gasteiger partial charge in [0, 0.05) is 18.6 Å². The first-order valence-corrected chi connectivity index (χ1v) is 5.15. The van der Waals surface area contributed by atoms with Crippen molar-refractivity contribution in [2.24, 2.45) is 5.73 Å². The monoisotopic (exact) mass is 262 g/mol. The Hall–Kier alpha value is -1.76. The van der Waals surface area contributed by atoms with E-state index in [0.717, 1.165) is 12.1 Å². The van der Waals surface area contributed by atoms with E-state index in [4.69, 9.17) is 21.0 Å². The molecule has 0 saturated carbocycles. The number of benzene rings is 1. The molecule has 0 radical (unpaired) electrons. The zero-order chi connectivity index (χ0) is 13.8. The van der Waals surface area contributed by atoms with Crippen LogP contribution in [0.25, 0.3) is 0 Å².